The number of carbonyl (C=O) groups excluding carboxylic acids is 1. The van der Waals surface area contributed by atoms with E-state index in [4.69, 9.17) is 4.74 Å². The molecule has 0 atom stereocenters. The van der Waals surface area contributed by atoms with Gasteiger partial charge in [-0.25, -0.2) is 0 Å². The van der Waals surface area contributed by atoms with Crippen molar-refractivity contribution in [2.75, 3.05) is 6.61 Å². The molecule has 0 N–H and O–H groups in total. The number of unbranched alkanes of at least 4 members (excludes halogenated alkanes) is 9. The van der Waals surface area contributed by atoms with Crippen LogP contribution in [0.5, 0.6) is 5.75 Å². The maximum absolute atomic E-state index is 12.2. The van der Waals surface area contributed by atoms with E-state index in [1.807, 2.05) is 60.7 Å². The minimum Gasteiger partial charge on any atom is -0.494 e. The van der Waals surface area contributed by atoms with Gasteiger partial charge in [0.1, 0.15) is 5.75 Å². The third kappa shape index (κ3) is 11.3. The summed E-state index contributed by atoms with van der Waals surface area (Å²) in [4.78, 5) is 12.2. The molecule has 3 rings (SSSR count). The average molecular weight is 509 g/mol. The smallest absolute Gasteiger partial charge is 0.185 e. The lowest BCUT2D eigenvalue weighted by atomic mass is 10.0. The highest BCUT2D eigenvalue weighted by Crippen LogP contribution is 2.17. The first kappa shape index (κ1) is 29.2. The molecule has 0 radical (unpaired) electrons. The molecule has 0 saturated heterocycles. The maximum Gasteiger partial charge on any atom is 0.185 e. The van der Waals surface area contributed by atoms with Crippen LogP contribution < -0.4 is 4.74 Å². The largest absolute Gasteiger partial charge is 0.494 e. The monoisotopic (exact) mass is 508 g/mol. The molecular formula is C36H44O2. The number of ketones is 1. The fourth-order valence-electron chi connectivity index (χ4n) is 4.54. The van der Waals surface area contributed by atoms with E-state index in [0.29, 0.717) is 5.56 Å². The Labute approximate surface area is 230 Å². The molecule has 200 valence electrons. The van der Waals surface area contributed by atoms with Crippen LogP contribution in [0, 0.1) is 0 Å². The van der Waals surface area contributed by atoms with E-state index >= 15 is 0 Å². The van der Waals surface area contributed by atoms with E-state index in [1.165, 1.54) is 75.3 Å². The fraction of sp³-hybridized carbons (Fsp3) is 0.361. The second-order valence-electron chi connectivity index (χ2n) is 10.2. The van der Waals surface area contributed by atoms with Crippen LogP contribution in [0.4, 0.5) is 0 Å². The Hall–Kier alpha value is -3.39. The van der Waals surface area contributed by atoms with Crippen LogP contribution in [0.3, 0.4) is 0 Å². The molecule has 0 aliphatic rings. The molecule has 0 spiro atoms. The van der Waals surface area contributed by atoms with Gasteiger partial charge < -0.3 is 4.74 Å². The Morgan fingerprint density at radius 2 is 1.26 bits per heavy atom. The van der Waals surface area contributed by atoms with Crippen molar-refractivity contribution in [1.29, 1.82) is 0 Å². The first-order valence-corrected chi connectivity index (χ1v) is 14.4. The molecule has 0 heterocycles. The van der Waals surface area contributed by atoms with Crippen LogP contribution in [0.2, 0.25) is 0 Å². The molecule has 0 amide bonds. The Kier molecular flexibility index (Phi) is 13.2. The summed E-state index contributed by atoms with van der Waals surface area (Å²) in [6, 6.07) is 26.2. The SMILES string of the molecule is C=C(C)c1ccc(CCCCCCCCCCCCOc2ccc(/C=C/C(=O)c3ccccc3)cc2)cc1. The van der Waals surface area contributed by atoms with Gasteiger partial charge in [-0.15, -0.1) is 0 Å². The van der Waals surface area contributed by atoms with E-state index in [-0.39, 0.29) is 5.78 Å². The lowest BCUT2D eigenvalue weighted by Crippen LogP contribution is -1.97. The van der Waals surface area contributed by atoms with Gasteiger partial charge in [0.25, 0.3) is 0 Å². The Balaban J connectivity index is 1.14. The van der Waals surface area contributed by atoms with Gasteiger partial charge in [0.15, 0.2) is 5.78 Å². The zero-order chi connectivity index (χ0) is 26.8. The van der Waals surface area contributed by atoms with Gasteiger partial charge in [-0.3, -0.25) is 4.79 Å². The highest BCUT2D eigenvalue weighted by molar-refractivity contribution is 6.06. The summed E-state index contributed by atoms with van der Waals surface area (Å²) in [5.74, 6) is 0.906. The van der Waals surface area contributed by atoms with Crippen LogP contribution >= 0.6 is 0 Å². The molecule has 2 nitrogen and oxygen atoms in total. The summed E-state index contributed by atoms with van der Waals surface area (Å²) < 4.78 is 5.89. The molecule has 0 unspecified atom stereocenters. The number of benzene rings is 3. The average Bonchev–Trinajstić information content (AvgIpc) is 2.95. The standard InChI is InChI=1S/C36H44O2/c1-30(2)33-24-19-31(20-25-33)16-12-9-7-5-3-4-6-8-10-15-29-38-35-26-21-32(22-27-35)23-28-36(37)34-17-13-11-14-18-34/h11,13-14,17-28H,1,3-10,12,15-16,29H2,2H3/b28-23+. The molecule has 0 aromatic heterocycles. The summed E-state index contributed by atoms with van der Waals surface area (Å²) >= 11 is 0. The predicted molar refractivity (Wildman–Crippen MR) is 163 cm³/mol. The fourth-order valence-corrected chi connectivity index (χ4v) is 4.54. The van der Waals surface area contributed by atoms with E-state index in [0.717, 1.165) is 29.9 Å². The summed E-state index contributed by atoms with van der Waals surface area (Å²) in [5.41, 5.74) is 5.53. The number of ether oxygens (including phenoxy) is 1. The van der Waals surface area contributed by atoms with Crippen LogP contribution in [-0.4, -0.2) is 12.4 Å². The van der Waals surface area contributed by atoms with Crippen molar-refractivity contribution in [3.63, 3.8) is 0 Å². The highest BCUT2D eigenvalue weighted by atomic mass is 16.5. The molecule has 38 heavy (non-hydrogen) atoms. The van der Waals surface area contributed by atoms with Crippen molar-refractivity contribution in [3.05, 3.63) is 114 Å². The van der Waals surface area contributed by atoms with Crippen molar-refractivity contribution in [2.45, 2.75) is 77.6 Å². The molecule has 3 aromatic rings. The number of rotatable bonds is 18. The van der Waals surface area contributed by atoms with Gasteiger partial charge >= 0.3 is 0 Å². The lowest BCUT2D eigenvalue weighted by molar-refractivity contribution is 0.104. The third-order valence-corrected chi connectivity index (χ3v) is 6.94. The summed E-state index contributed by atoms with van der Waals surface area (Å²) in [5, 5.41) is 0. The van der Waals surface area contributed by atoms with Crippen molar-refractivity contribution in [3.8, 4) is 5.75 Å². The normalized spacial score (nSPS) is 11.1. The number of aryl methyl sites for hydroxylation is 1. The van der Waals surface area contributed by atoms with Crippen molar-refractivity contribution in [2.24, 2.45) is 0 Å². The molecule has 0 saturated carbocycles. The number of carbonyl (C=O) groups is 1. The summed E-state index contributed by atoms with van der Waals surface area (Å²) in [7, 11) is 0. The first-order chi connectivity index (χ1) is 18.6. The van der Waals surface area contributed by atoms with Gasteiger partial charge in [0.2, 0.25) is 0 Å². The minimum absolute atomic E-state index is 0.0164. The summed E-state index contributed by atoms with van der Waals surface area (Å²) in [6.45, 7) is 6.83. The van der Waals surface area contributed by atoms with Crippen LogP contribution in [0.1, 0.15) is 98.2 Å². The van der Waals surface area contributed by atoms with Gasteiger partial charge in [0, 0.05) is 5.56 Å². The zero-order valence-corrected chi connectivity index (χ0v) is 23.2. The first-order valence-electron chi connectivity index (χ1n) is 14.4. The highest BCUT2D eigenvalue weighted by Gasteiger charge is 2.01. The Morgan fingerprint density at radius 1 is 0.684 bits per heavy atom. The van der Waals surface area contributed by atoms with Crippen molar-refractivity contribution < 1.29 is 9.53 Å². The van der Waals surface area contributed by atoms with E-state index in [2.05, 4.69) is 37.8 Å². The second kappa shape index (κ2) is 17.2. The Bertz CT molecular complexity index is 1110. The molecule has 2 heteroatoms. The molecule has 0 aliphatic heterocycles. The van der Waals surface area contributed by atoms with Crippen LogP contribution in [0.15, 0.2) is 91.5 Å². The Morgan fingerprint density at radius 3 is 1.87 bits per heavy atom. The van der Waals surface area contributed by atoms with Crippen molar-refractivity contribution in [1.82, 2.24) is 0 Å². The van der Waals surface area contributed by atoms with Gasteiger partial charge in [-0.2, -0.15) is 0 Å². The summed E-state index contributed by atoms with van der Waals surface area (Å²) in [6.07, 6.45) is 17.7. The molecule has 3 aromatic carbocycles. The number of hydrogen-bond donors (Lipinski definition) is 0. The van der Waals surface area contributed by atoms with Crippen molar-refractivity contribution >= 4 is 17.4 Å². The topological polar surface area (TPSA) is 26.3 Å². The number of hydrogen-bond acceptors (Lipinski definition) is 2. The molecular weight excluding hydrogens is 464 g/mol. The quantitative estimate of drug-likeness (QED) is 0.0970. The van der Waals surface area contributed by atoms with E-state index in [9.17, 15) is 4.79 Å². The third-order valence-electron chi connectivity index (χ3n) is 6.94. The minimum atomic E-state index is 0.0164. The van der Waals surface area contributed by atoms with E-state index in [1.54, 1.807) is 6.08 Å². The second-order valence-corrected chi connectivity index (χ2v) is 10.2. The maximum atomic E-state index is 12.2. The lowest BCUT2D eigenvalue weighted by Gasteiger charge is -2.07. The van der Waals surface area contributed by atoms with Gasteiger partial charge in [-0.05, 0) is 61.1 Å². The molecule has 0 bridgehead atoms. The van der Waals surface area contributed by atoms with Crippen LogP contribution in [0.25, 0.3) is 11.6 Å². The van der Waals surface area contributed by atoms with Gasteiger partial charge in [-0.1, -0.05) is 136 Å². The van der Waals surface area contributed by atoms with E-state index < -0.39 is 0 Å². The predicted octanol–water partition coefficient (Wildman–Crippen LogP) is 10.1. The number of allylic oxidation sites excluding steroid dienone is 2. The molecule has 0 aliphatic carbocycles. The molecule has 0 fully saturated rings. The van der Waals surface area contributed by atoms with Crippen LogP contribution in [-0.2, 0) is 6.42 Å². The zero-order valence-electron chi connectivity index (χ0n) is 23.2. The van der Waals surface area contributed by atoms with Gasteiger partial charge in [0.05, 0.1) is 6.61 Å².